The molecule has 0 bridgehead atoms. The van der Waals surface area contributed by atoms with Gasteiger partial charge in [0.05, 0.1) is 5.69 Å². The summed E-state index contributed by atoms with van der Waals surface area (Å²) in [6, 6.07) is 9.62. The Labute approximate surface area is 192 Å². The first-order chi connectivity index (χ1) is 15.9. The Morgan fingerprint density at radius 2 is 1.91 bits per heavy atom. The standard InChI is InChI=1S/C24H28N6O3/c1-18-14-19(16-20(15-18)29-10-3-8-25-29)17-28-9-2-5-24(28)6-12-27(13-7-24)23(33)30-11-4-21(26-30)22(31)32/h3-4,8,10-11,14-16H,2,5-7,9,12-13,17H2,1H3,(H,31,32). The minimum atomic E-state index is -1.13. The highest BCUT2D eigenvalue weighted by Gasteiger charge is 2.43. The smallest absolute Gasteiger partial charge is 0.356 e. The van der Waals surface area contributed by atoms with Crippen molar-refractivity contribution in [2.45, 2.75) is 44.7 Å². The number of carbonyl (C=O) groups is 2. The van der Waals surface area contributed by atoms with Gasteiger partial charge in [-0.25, -0.2) is 14.3 Å². The molecule has 33 heavy (non-hydrogen) atoms. The zero-order valence-electron chi connectivity index (χ0n) is 18.7. The number of likely N-dealkylation sites (tertiary alicyclic amines) is 2. The van der Waals surface area contributed by atoms with Gasteiger partial charge in [-0.15, -0.1) is 0 Å². The molecule has 9 heteroatoms. The fraction of sp³-hybridized carbons (Fsp3) is 0.417. The number of benzene rings is 1. The van der Waals surface area contributed by atoms with Gasteiger partial charge < -0.3 is 10.0 Å². The maximum Gasteiger partial charge on any atom is 0.356 e. The van der Waals surface area contributed by atoms with E-state index in [1.54, 1.807) is 11.1 Å². The van der Waals surface area contributed by atoms with E-state index >= 15 is 0 Å². The van der Waals surface area contributed by atoms with Crippen LogP contribution in [0.4, 0.5) is 4.79 Å². The van der Waals surface area contributed by atoms with Gasteiger partial charge in [0, 0.05) is 43.8 Å². The Morgan fingerprint density at radius 3 is 2.61 bits per heavy atom. The van der Waals surface area contributed by atoms with Crippen molar-refractivity contribution in [2.24, 2.45) is 0 Å². The molecule has 4 heterocycles. The molecular weight excluding hydrogens is 420 g/mol. The summed E-state index contributed by atoms with van der Waals surface area (Å²) in [6.45, 7) is 5.34. The monoisotopic (exact) mass is 448 g/mol. The van der Waals surface area contributed by atoms with E-state index < -0.39 is 5.97 Å². The number of carboxylic acids is 1. The normalized spacial score (nSPS) is 18.2. The molecular formula is C24H28N6O3. The maximum absolute atomic E-state index is 12.8. The molecule has 172 valence electrons. The third kappa shape index (κ3) is 4.16. The van der Waals surface area contributed by atoms with Crippen molar-refractivity contribution in [3.8, 4) is 5.69 Å². The second-order valence-electron chi connectivity index (χ2n) is 9.10. The molecule has 0 saturated carbocycles. The van der Waals surface area contributed by atoms with Gasteiger partial charge in [-0.1, -0.05) is 6.07 Å². The van der Waals surface area contributed by atoms with E-state index in [2.05, 4.69) is 40.2 Å². The summed E-state index contributed by atoms with van der Waals surface area (Å²) < 4.78 is 3.03. The van der Waals surface area contributed by atoms with Crippen LogP contribution in [0.2, 0.25) is 0 Å². The fourth-order valence-corrected chi connectivity index (χ4v) is 5.32. The number of amides is 1. The average molecular weight is 449 g/mol. The number of hydrogen-bond donors (Lipinski definition) is 1. The maximum atomic E-state index is 12.8. The van der Waals surface area contributed by atoms with Crippen LogP contribution in [-0.4, -0.2) is 71.6 Å². The number of aryl methyl sites for hydroxylation is 1. The van der Waals surface area contributed by atoms with Crippen LogP contribution >= 0.6 is 0 Å². The van der Waals surface area contributed by atoms with Gasteiger partial charge in [0.2, 0.25) is 0 Å². The van der Waals surface area contributed by atoms with Gasteiger partial charge in [-0.05, 0) is 74.5 Å². The summed E-state index contributed by atoms with van der Waals surface area (Å²) in [6.07, 6.45) is 9.28. The topological polar surface area (TPSA) is 96.5 Å². The molecule has 3 aromatic rings. The van der Waals surface area contributed by atoms with E-state index in [0.717, 1.165) is 49.1 Å². The first-order valence-electron chi connectivity index (χ1n) is 11.4. The lowest BCUT2D eigenvalue weighted by Crippen LogP contribution is -2.53. The number of nitrogens with zero attached hydrogens (tertiary/aromatic N) is 6. The molecule has 0 unspecified atom stereocenters. The third-order valence-corrected chi connectivity index (χ3v) is 6.97. The van der Waals surface area contributed by atoms with Crippen molar-refractivity contribution in [3.05, 3.63) is 65.7 Å². The van der Waals surface area contributed by atoms with E-state index in [9.17, 15) is 9.59 Å². The number of aromatic nitrogens is 4. The zero-order chi connectivity index (χ0) is 23.0. The van der Waals surface area contributed by atoms with E-state index in [1.165, 1.54) is 23.4 Å². The van der Waals surface area contributed by atoms with Gasteiger partial charge in [0.15, 0.2) is 5.69 Å². The Balaban J connectivity index is 1.27. The quantitative estimate of drug-likeness (QED) is 0.659. The van der Waals surface area contributed by atoms with E-state index in [1.807, 2.05) is 16.9 Å². The lowest BCUT2D eigenvalue weighted by molar-refractivity contribution is 0.0584. The molecule has 5 rings (SSSR count). The van der Waals surface area contributed by atoms with E-state index in [4.69, 9.17) is 5.11 Å². The summed E-state index contributed by atoms with van der Waals surface area (Å²) in [7, 11) is 0. The first kappa shape index (κ1) is 21.4. The molecule has 0 aliphatic carbocycles. The summed E-state index contributed by atoms with van der Waals surface area (Å²) in [4.78, 5) is 28.2. The highest BCUT2D eigenvalue weighted by molar-refractivity contribution is 5.86. The minimum Gasteiger partial charge on any atom is -0.476 e. The highest BCUT2D eigenvalue weighted by atomic mass is 16.4. The SMILES string of the molecule is Cc1cc(CN2CCCC23CCN(C(=O)n2ccc(C(=O)O)n2)CC3)cc(-n2cccn2)c1. The zero-order valence-corrected chi connectivity index (χ0v) is 18.7. The van der Waals surface area contributed by atoms with Crippen LogP contribution in [0.1, 0.15) is 47.3 Å². The fourth-order valence-electron chi connectivity index (χ4n) is 5.32. The number of carbonyl (C=O) groups excluding carboxylic acids is 1. The van der Waals surface area contributed by atoms with Gasteiger partial charge >= 0.3 is 12.0 Å². The number of rotatable bonds is 4. The predicted octanol–water partition coefficient (Wildman–Crippen LogP) is 3.17. The van der Waals surface area contributed by atoms with Gasteiger partial charge in [0.1, 0.15) is 0 Å². The molecule has 1 aromatic carbocycles. The van der Waals surface area contributed by atoms with Crippen LogP contribution in [0.25, 0.3) is 5.69 Å². The molecule has 1 N–H and O–H groups in total. The van der Waals surface area contributed by atoms with Crippen LogP contribution in [-0.2, 0) is 6.54 Å². The lowest BCUT2D eigenvalue weighted by Gasteiger charge is -2.45. The number of hydrogen-bond acceptors (Lipinski definition) is 5. The molecule has 2 aliphatic heterocycles. The van der Waals surface area contributed by atoms with Gasteiger partial charge in [0.25, 0.3) is 0 Å². The molecule has 0 radical (unpaired) electrons. The molecule has 2 fully saturated rings. The van der Waals surface area contributed by atoms with Crippen molar-refractivity contribution < 1.29 is 14.7 Å². The van der Waals surface area contributed by atoms with Crippen LogP contribution < -0.4 is 0 Å². The number of piperidine rings is 1. The Morgan fingerprint density at radius 1 is 1.09 bits per heavy atom. The first-order valence-corrected chi connectivity index (χ1v) is 11.4. The van der Waals surface area contributed by atoms with Crippen LogP contribution in [0, 0.1) is 6.92 Å². The Kier molecular flexibility index (Phi) is 5.49. The summed E-state index contributed by atoms with van der Waals surface area (Å²) >= 11 is 0. The molecule has 9 nitrogen and oxygen atoms in total. The number of aromatic carboxylic acids is 1. The number of carboxylic acid groups (broad SMARTS) is 1. The molecule has 2 aromatic heterocycles. The minimum absolute atomic E-state index is 0.0999. The van der Waals surface area contributed by atoms with Crippen LogP contribution in [0.3, 0.4) is 0 Å². The van der Waals surface area contributed by atoms with Crippen molar-refractivity contribution in [2.75, 3.05) is 19.6 Å². The Hall–Kier alpha value is -3.46. The Bertz CT molecular complexity index is 1160. The molecule has 1 spiro atoms. The summed E-state index contributed by atoms with van der Waals surface area (Å²) in [5.41, 5.74) is 3.54. The highest BCUT2D eigenvalue weighted by Crippen LogP contribution is 2.39. The van der Waals surface area contributed by atoms with Crippen molar-refractivity contribution in [1.82, 2.24) is 29.4 Å². The third-order valence-electron chi connectivity index (χ3n) is 6.97. The summed E-state index contributed by atoms with van der Waals surface area (Å²) in [5, 5.41) is 17.3. The predicted molar refractivity (Wildman–Crippen MR) is 121 cm³/mol. The molecule has 1 amide bonds. The lowest BCUT2D eigenvalue weighted by atomic mass is 9.84. The van der Waals surface area contributed by atoms with Gasteiger partial charge in [-0.2, -0.15) is 14.9 Å². The van der Waals surface area contributed by atoms with Crippen molar-refractivity contribution >= 4 is 12.0 Å². The van der Waals surface area contributed by atoms with Crippen molar-refractivity contribution in [1.29, 1.82) is 0 Å². The second kappa shape index (κ2) is 8.47. The van der Waals surface area contributed by atoms with Gasteiger partial charge in [-0.3, -0.25) is 4.90 Å². The molecule has 2 saturated heterocycles. The van der Waals surface area contributed by atoms with E-state index in [0.29, 0.717) is 13.1 Å². The second-order valence-corrected chi connectivity index (χ2v) is 9.10. The average Bonchev–Trinajstić information content (AvgIpc) is 3.56. The summed E-state index contributed by atoms with van der Waals surface area (Å²) in [5.74, 6) is -1.13. The molecule has 2 aliphatic rings. The van der Waals surface area contributed by atoms with Crippen molar-refractivity contribution in [3.63, 3.8) is 0 Å². The van der Waals surface area contributed by atoms with Crippen LogP contribution in [0.15, 0.2) is 48.9 Å². The largest absolute Gasteiger partial charge is 0.476 e. The van der Waals surface area contributed by atoms with Crippen LogP contribution in [0.5, 0.6) is 0 Å². The molecule has 0 atom stereocenters. The van der Waals surface area contributed by atoms with E-state index in [-0.39, 0.29) is 17.3 Å².